The van der Waals surface area contributed by atoms with Crippen LogP contribution in [0, 0.1) is 13.8 Å². The molecule has 1 amide bonds. The van der Waals surface area contributed by atoms with Crippen molar-refractivity contribution in [3.63, 3.8) is 0 Å². The molecular weight excluding hydrogens is 322 g/mol. The van der Waals surface area contributed by atoms with Crippen molar-refractivity contribution in [3.05, 3.63) is 65.2 Å². The molecule has 138 valence electrons. The van der Waals surface area contributed by atoms with Crippen molar-refractivity contribution in [1.82, 2.24) is 5.32 Å². The summed E-state index contributed by atoms with van der Waals surface area (Å²) >= 11 is 0. The number of hydrogen-bond acceptors (Lipinski definition) is 2. The van der Waals surface area contributed by atoms with E-state index in [-0.39, 0.29) is 11.9 Å². The number of aryl methyl sites for hydroxylation is 1. The van der Waals surface area contributed by atoms with Crippen molar-refractivity contribution in [1.29, 1.82) is 0 Å². The molecule has 1 aliphatic rings. The van der Waals surface area contributed by atoms with Gasteiger partial charge >= 0.3 is 0 Å². The summed E-state index contributed by atoms with van der Waals surface area (Å²) in [5.41, 5.74) is 5.19. The smallest absolute Gasteiger partial charge is 0.275 e. The molecule has 1 fully saturated rings. The summed E-state index contributed by atoms with van der Waals surface area (Å²) in [5, 5.41) is 3.13. The Morgan fingerprint density at radius 3 is 2.46 bits per heavy atom. The molecule has 0 aromatic heterocycles. The molecule has 0 aliphatic carbocycles. The molecule has 0 saturated carbocycles. The van der Waals surface area contributed by atoms with Crippen LogP contribution in [-0.4, -0.2) is 38.6 Å². The average molecular weight is 353 g/mol. The molecule has 0 spiro atoms. The van der Waals surface area contributed by atoms with E-state index < -0.39 is 0 Å². The molecule has 1 atom stereocenters. The van der Waals surface area contributed by atoms with Gasteiger partial charge in [0.2, 0.25) is 0 Å². The summed E-state index contributed by atoms with van der Waals surface area (Å²) in [6.45, 7) is 11.0. The number of amides is 1. The minimum absolute atomic E-state index is 0.0549. The lowest BCUT2D eigenvalue weighted by Gasteiger charge is -2.34. The van der Waals surface area contributed by atoms with Crippen LogP contribution in [0.2, 0.25) is 0 Å². The van der Waals surface area contributed by atoms with E-state index in [2.05, 4.69) is 54.4 Å². The van der Waals surface area contributed by atoms with Gasteiger partial charge < -0.3 is 15.1 Å². The Morgan fingerprint density at radius 2 is 1.77 bits per heavy atom. The van der Waals surface area contributed by atoms with Gasteiger partial charge in [0.1, 0.15) is 0 Å². The van der Waals surface area contributed by atoms with Crippen LogP contribution >= 0.6 is 0 Å². The van der Waals surface area contributed by atoms with Crippen LogP contribution in [0.5, 0.6) is 0 Å². The molecule has 26 heavy (non-hydrogen) atoms. The zero-order valence-corrected chi connectivity index (χ0v) is 16.1. The molecule has 1 aliphatic heterocycles. The molecule has 4 nitrogen and oxygen atoms in total. The lowest BCUT2D eigenvalue weighted by molar-refractivity contribution is -0.892. The molecule has 1 saturated heterocycles. The molecule has 4 heteroatoms. The second-order valence-electron chi connectivity index (χ2n) is 7.33. The van der Waals surface area contributed by atoms with Gasteiger partial charge in [-0.1, -0.05) is 42.5 Å². The van der Waals surface area contributed by atoms with Crippen molar-refractivity contribution in [2.24, 2.45) is 0 Å². The van der Waals surface area contributed by atoms with Gasteiger partial charge in [-0.05, 0) is 43.5 Å². The van der Waals surface area contributed by atoms with Crippen LogP contribution in [0.25, 0.3) is 0 Å². The molecule has 0 unspecified atom stereocenters. The number of piperazine rings is 1. The van der Waals surface area contributed by atoms with E-state index in [0.717, 1.165) is 31.7 Å². The number of rotatable bonds is 5. The number of benzene rings is 2. The topological polar surface area (TPSA) is 36.8 Å². The molecule has 2 aromatic rings. The van der Waals surface area contributed by atoms with E-state index in [4.69, 9.17) is 0 Å². The van der Waals surface area contributed by atoms with E-state index >= 15 is 0 Å². The highest BCUT2D eigenvalue weighted by molar-refractivity contribution is 5.77. The largest absolute Gasteiger partial charge is 0.360 e. The fourth-order valence-corrected chi connectivity index (χ4v) is 3.66. The highest BCUT2D eigenvalue weighted by atomic mass is 16.2. The molecule has 2 N–H and O–H groups in total. The van der Waals surface area contributed by atoms with E-state index in [9.17, 15) is 4.79 Å². The number of quaternary nitrogens is 1. The normalized spacial score (nSPS) is 16.3. The van der Waals surface area contributed by atoms with Crippen molar-refractivity contribution in [3.8, 4) is 0 Å². The summed E-state index contributed by atoms with van der Waals surface area (Å²) in [6, 6.07) is 16.7. The molecule has 2 aromatic carbocycles. The Hall–Kier alpha value is -2.33. The van der Waals surface area contributed by atoms with Crippen LogP contribution in [0.1, 0.15) is 29.7 Å². The minimum Gasteiger partial charge on any atom is -0.360 e. The van der Waals surface area contributed by atoms with Gasteiger partial charge in [-0.25, -0.2) is 0 Å². The lowest BCUT2D eigenvalue weighted by Crippen LogP contribution is -3.16. The molecule has 1 heterocycles. The average Bonchev–Trinajstić information content (AvgIpc) is 2.65. The van der Waals surface area contributed by atoms with Gasteiger partial charge in [0.15, 0.2) is 6.54 Å². The Bertz CT molecular complexity index is 736. The fourth-order valence-electron chi connectivity index (χ4n) is 3.66. The Balaban J connectivity index is 1.49. The summed E-state index contributed by atoms with van der Waals surface area (Å²) in [5.74, 6) is 0.136. The van der Waals surface area contributed by atoms with Crippen LogP contribution in [-0.2, 0) is 4.79 Å². The first-order valence-corrected chi connectivity index (χ1v) is 9.53. The van der Waals surface area contributed by atoms with Crippen molar-refractivity contribution in [2.45, 2.75) is 26.8 Å². The first-order valence-electron chi connectivity index (χ1n) is 9.53. The number of carbonyl (C=O) groups excluding carboxylic acids is 1. The number of nitrogens with one attached hydrogen (secondary N) is 2. The van der Waals surface area contributed by atoms with Gasteiger partial charge in [0.05, 0.1) is 32.2 Å². The quantitative estimate of drug-likeness (QED) is 0.862. The van der Waals surface area contributed by atoms with E-state index in [1.807, 2.05) is 25.1 Å². The third-order valence-electron chi connectivity index (χ3n) is 5.47. The predicted octanol–water partition coefficient (Wildman–Crippen LogP) is 1.89. The van der Waals surface area contributed by atoms with Crippen molar-refractivity contribution < 1.29 is 9.69 Å². The molecule has 0 bridgehead atoms. The fraction of sp³-hybridized carbons (Fsp3) is 0.409. The van der Waals surface area contributed by atoms with Gasteiger partial charge in [0.25, 0.3) is 5.91 Å². The predicted molar refractivity (Wildman–Crippen MR) is 107 cm³/mol. The zero-order chi connectivity index (χ0) is 18.5. The first-order chi connectivity index (χ1) is 12.5. The highest BCUT2D eigenvalue weighted by Crippen LogP contribution is 2.22. The Labute approximate surface area is 156 Å². The van der Waals surface area contributed by atoms with Crippen molar-refractivity contribution >= 4 is 11.6 Å². The van der Waals surface area contributed by atoms with Crippen LogP contribution in [0.3, 0.4) is 0 Å². The van der Waals surface area contributed by atoms with E-state index in [0.29, 0.717) is 6.54 Å². The Morgan fingerprint density at radius 1 is 1.08 bits per heavy atom. The monoisotopic (exact) mass is 352 g/mol. The second-order valence-corrected chi connectivity index (χ2v) is 7.33. The van der Waals surface area contributed by atoms with E-state index in [1.54, 1.807) is 0 Å². The molecule has 0 radical (unpaired) electrons. The highest BCUT2D eigenvalue weighted by Gasteiger charge is 2.24. The molecule has 3 rings (SSSR count). The van der Waals surface area contributed by atoms with Gasteiger partial charge in [-0.2, -0.15) is 0 Å². The zero-order valence-electron chi connectivity index (χ0n) is 16.1. The summed E-state index contributed by atoms with van der Waals surface area (Å²) in [6.07, 6.45) is 0. The van der Waals surface area contributed by atoms with Crippen LogP contribution in [0.15, 0.2) is 48.5 Å². The number of carbonyl (C=O) groups is 1. The number of anilines is 1. The summed E-state index contributed by atoms with van der Waals surface area (Å²) < 4.78 is 0. The van der Waals surface area contributed by atoms with Crippen molar-refractivity contribution in [2.75, 3.05) is 37.6 Å². The van der Waals surface area contributed by atoms with E-state index in [1.165, 1.54) is 21.7 Å². The lowest BCUT2D eigenvalue weighted by atomic mass is 10.1. The third-order valence-corrected chi connectivity index (χ3v) is 5.47. The van der Waals surface area contributed by atoms with Gasteiger partial charge in [-0.3, -0.25) is 4.79 Å². The Kier molecular flexibility index (Phi) is 5.94. The third kappa shape index (κ3) is 4.44. The summed E-state index contributed by atoms with van der Waals surface area (Å²) in [7, 11) is 0. The van der Waals surface area contributed by atoms with Gasteiger partial charge in [-0.15, -0.1) is 0 Å². The summed E-state index contributed by atoms with van der Waals surface area (Å²) in [4.78, 5) is 16.2. The molecular formula is C22H30N3O+. The second kappa shape index (κ2) is 8.37. The number of hydrogen-bond donors (Lipinski definition) is 2. The number of nitrogens with zero attached hydrogens (tertiary/aromatic N) is 1. The first kappa shape index (κ1) is 18.5. The minimum atomic E-state index is 0.0549. The maximum absolute atomic E-state index is 12.4. The van der Waals surface area contributed by atoms with Crippen LogP contribution < -0.4 is 15.1 Å². The van der Waals surface area contributed by atoms with Gasteiger partial charge in [0, 0.05) is 5.69 Å². The van der Waals surface area contributed by atoms with Crippen LogP contribution in [0.4, 0.5) is 5.69 Å². The maximum atomic E-state index is 12.4. The SMILES string of the molecule is Cc1cccc(N2CC[NH+](CC(=O)N[C@H](C)c3ccccc3)CC2)c1C. The standard InChI is InChI=1S/C22H29N3O/c1-17-8-7-11-21(18(17)2)25-14-12-24(13-15-25)16-22(26)23-19(3)20-9-5-4-6-10-20/h4-11,19H,12-16H2,1-3H3,(H,23,26)/p+1/t19-/m1/s1. The maximum Gasteiger partial charge on any atom is 0.275 e.